The molecule has 0 radical (unpaired) electrons. The Labute approximate surface area is 123 Å². The SMILES string of the molecule is CCC(N)Cc1ccccc1Oc1cccc(Cl)c1F. The fraction of sp³-hybridized carbons (Fsp3) is 0.250. The van der Waals surface area contributed by atoms with Crippen molar-refractivity contribution in [3.05, 3.63) is 58.9 Å². The molecule has 0 aliphatic rings. The fourth-order valence-corrected chi connectivity index (χ4v) is 2.05. The maximum Gasteiger partial charge on any atom is 0.184 e. The van der Waals surface area contributed by atoms with Crippen LogP contribution in [0.25, 0.3) is 0 Å². The van der Waals surface area contributed by atoms with Crippen molar-refractivity contribution < 1.29 is 9.13 Å². The summed E-state index contributed by atoms with van der Waals surface area (Å²) in [5.74, 6) is 0.177. The molecule has 0 saturated heterocycles. The van der Waals surface area contributed by atoms with Crippen molar-refractivity contribution in [3.63, 3.8) is 0 Å². The van der Waals surface area contributed by atoms with Crippen molar-refractivity contribution in [1.82, 2.24) is 0 Å². The average Bonchev–Trinajstić information content (AvgIpc) is 2.45. The molecule has 1 atom stereocenters. The Balaban J connectivity index is 2.27. The first-order valence-electron chi connectivity index (χ1n) is 6.57. The lowest BCUT2D eigenvalue weighted by molar-refractivity contribution is 0.435. The van der Waals surface area contributed by atoms with Gasteiger partial charge in [-0.3, -0.25) is 0 Å². The average molecular weight is 294 g/mol. The van der Waals surface area contributed by atoms with Gasteiger partial charge in [0, 0.05) is 6.04 Å². The van der Waals surface area contributed by atoms with Crippen molar-refractivity contribution in [2.75, 3.05) is 0 Å². The maximum absolute atomic E-state index is 13.9. The number of hydrogen-bond acceptors (Lipinski definition) is 2. The first kappa shape index (κ1) is 14.8. The second kappa shape index (κ2) is 6.73. The number of rotatable bonds is 5. The van der Waals surface area contributed by atoms with Crippen LogP contribution in [0.15, 0.2) is 42.5 Å². The Morgan fingerprint density at radius 2 is 1.85 bits per heavy atom. The first-order valence-corrected chi connectivity index (χ1v) is 6.95. The third kappa shape index (κ3) is 3.50. The molecule has 20 heavy (non-hydrogen) atoms. The van der Waals surface area contributed by atoms with Crippen LogP contribution >= 0.6 is 11.6 Å². The topological polar surface area (TPSA) is 35.2 Å². The third-order valence-electron chi connectivity index (χ3n) is 3.12. The van der Waals surface area contributed by atoms with E-state index in [1.54, 1.807) is 18.2 Å². The Hall–Kier alpha value is -1.58. The van der Waals surface area contributed by atoms with Crippen molar-refractivity contribution in [2.24, 2.45) is 5.73 Å². The minimum absolute atomic E-state index is 0.0465. The van der Waals surface area contributed by atoms with Gasteiger partial charge in [-0.05, 0) is 36.6 Å². The number of nitrogens with two attached hydrogens (primary N) is 1. The zero-order chi connectivity index (χ0) is 14.5. The van der Waals surface area contributed by atoms with Gasteiger partial charge in [0.05, 0.1) is 5.02 Å². The zero-order valence-corrected chi connectivity index (χ0v) is 12.0. The number of benzene rings is 2. The van der Waals surface area contributed by atoms with Crippen LogP contribution in [0.3, 0.4) is 0 Å². The molecule has 0 fully saturated rings. The lowest BCUT2D eigenvalue weighted by Gasteiger charge is -2.14. The summed E-state index contributed by atoms with van der Waals surface area (Å²) in [5, 5.41) is 0.0465. The van der Waals surface area contributed by atoms with Crippen LogP contribution in [0.2, 0.25) is 5.02 Å². The van der Waals surface area contributed by atoms with E-state index in [1.165, 1.54) is 6.07 Å². The van der Waals surface area contributed by atoms with Crippen LogP contribution in [-0.4, -0.2) is 6.04 Å². The Morgan fingerprint density at radius 3 is 2.60 bits per heavy atom. The second-order valence-corrected chi connectivity index (χ2v) is 5.04. The van der Waals surface area contributed by atoms with Gasteiger partial charge < -0.3 is 10.5 Å². The van der Waals surface area contributed by atoms with Crippen molar-refractivity contribution >= 4 is 11.6 Å². The summed E-state index contributed by atoms with van der Waals surface area (Å²) in [5.41, 5.74) is 6.93. The predicted octanol–water partition coefficient (Wildman–Crippen LogP) is 4.55. The van der Waals surface area contributed by atoms with E-state index < -0.39 is 5.82 Å². The maximum atomic E-state index is 13.9. The van der Waals surface area contributed by atoms with E-state index in [4.69, 9.17) is 22.1 Å². The molecule has 2 aromatic carbocycles. The largest absolute Gasteiger partial charge is 0.454 e. The van der Waals surface area contributed by atoms with Crippen molar-refractivity contribution in [3.8, 4) is 11.5 Å². The first-order chi connectivity index (χ1) is 9.61. The van der Waals surface area contributed by atoms with Gasteiger partial charge in [-0.25, -0.2) is 4.39 Å². The summed E-state index contributed by atoms with van der Waals surface area (Å²) >= 11 is 5.75. The van der Waals surface area contributed by atoms with Gasteiger partial charge in [0.15, 0.2) is 11.6 Å². The highest BCUT2D eigenvalue weighted by Gasteiger charge is 2.12. The minimum Gasteiger partial charge on any atom is -0.454 e. The van der Waals surface area contributed by atoms with Crippen LogP contribution in [0, 0.1) is 5.82 Å². The van der Waals surface area contributed by atoms with Crippen LogP contribution in [0.1, 0.15) is 18.9 Å². The molecule has 0 aliphatic carbocycles. The second-order valence-electron chi connectivity index (χ2n) is 4.63. The van der Waals surface area contributed by atoms with Gasteiger partial charge in [0.2, 0.25) is 0 Å². The Kier molecular flexibility index (Phi) is 4.99. The molecule has 0 bridgehead atoms. The van der Waals surface area contributed by atoms with Gasteiger partial charge in [-0.15, -0.1) is 0 Å². The lowest BCUT2D eigenvalue weighted by atomic mass is 10.0. The third-order valence-corrected chi connectivity index (χ3v) is 3.41. The quantitative estimate of drug-likeness (QED) is 0.877. The summed E-state index contributed by atoms with van der Waals surface area (Å²) in [6.45, 7) is 2.03. The molecule has 0 spiro atoms. The molecule has 0 saturated carbocycles. The molecule has 106 valence electrons. The van der Waals surface area contributed by atoms with Crippen molar-refractivity contribution in [1.29, 1.82) is 0 Å². The van der Waals surface area contributed by atoms with Gasteiger partial charge in [0.1, 0.15) is 5.75 Å². The number of hydrogen-bond donors (Lipinski definition) is 1. The minimum atomic E-state index is -0.552. The van der Waals surface area contributed by atoms with E-state index >= 15 is 0 Å². The summed E-state index contributed by atoms with van der Waals surface area (Å²) in [4.78, 5) is 0. The predicted molar refractivity (Wildman–Crippen MR) is 79.9 cm³/mol. The molecule has 1 unspecified atom stereocenters. The molecule has 4 heteroatoms. The molecule has 2 nitrogen and oxygen atoms in total. The molecule has 2 aromatic rings. The highest BCUT2D eigenvalue weighted by molar-refractivity contribution is 6.30. The summed E-state index contributed by atoms with van der Waals surface area (Å²) in [6, 6.07) is 12.3. The van der Waals surface area contributed by atoms with Gasteiger partial charge in [-0.1, -0.05) is 42.8 Å². The molecule has 0 heterocycles. The molecule has 0 aromatic heterocycles. The van der Waals surface area contributed by atoms with Crippen molar-refractivity contribution in [2.45, 2.75) is 25.8 Å². The van der Waals surface area contributed by atoms with Crippen LogP contribution in [-0.2, 0) is 6.42 Å². The molecular formula is C16H17ClFNO. The van der Waals surface area contributed by atoms with E-state index in [-0.39, 0.29) is 16.8 Å². The van der Waals surface area contributed by atoms with Crippen LogP contribution in [0.4, 0.5) is 4.39 Å². The van der Waals surface area contributed by atoms with Gasteiger partial charge >= 0.3 is 0 Å². The number of para-hydroxylation sites is 1. The van der Waals surface area contributed by atoms with Gasteiger partial charge in [0.25, 0.3) is 0 Å². The van der Waals surface area contributed by atoms with Crippen LogP contribution < -0.4 is 10.5 Å². The lowest BCUT2D eigenvalue weighted by Crippen LogP contribution is -2.21. The number of ether oxygens (including phenoxy) is 1. The Morgan fingerprint density at radius 1 is 1.15 bits per heavy atom. The molecule has 0 amide bonds. The van der Waals surface area contributed by atoms with Gasteiger partial charge in [-0.2, -0.15) is 0 Å². The smallest absolute Gasteiger partial charge is 0.184 e. The standard InChI is InChI=1S/C16H17ClFNO/c1-2-12(19)10-11-6-3-4-8-14(11)20-15-9-5-7-13(17)16(15)18/h3-9,12H,2,10,19H2,1H3. The molecule has 2 rings (SSSR count). The fourth-order valence-electron chi connectivity index (χ4n) is 1.88. The highest BCUT2D eigenvalue weighted by Crippen LogP contribution is 2.31. The zero-order valence-electron chi connectivity index (χ0n) is 11.3. The molecular weight excluding hydrogens is 277 g/mol. The summed E-state index contributed by atoms with van der Waals surface area (Å²) in [7, 11) is 0. The van der Waals surface area contributed by atoms with E-state index in [0.29, 0.717) is 12.2 Å². The van der Waals surface area contributed by atoms with E-state index in [1.807, 2.05) is 25.1 Å². The summed E-state index contributed by atoms with van der Waals surface area (Å²) < 4.78 is 19.5. The normalized spacial score (nSPS) is 12.2. The number of halogens is 2. The molecule has 0 aliphatic heterocycles. The van der Waals surface area contributed by atoms with E-state index in [0.717, 1.165) is 12.0 Å². The summed E-state index contributed by atoms with van der Waals surface area (Å²) in [6.07, 6.45) is 1.56. The monoisotopic (exact) mass is 293 g/mol. The Bertz CT molecular complexity index is 588. The van der Waals surface area contributed by atoms with E-state index in [2.05, 4.69) is 0 Å². The van der Waals surface area contributed by atoms with E-state index in [9.17, 15) is 4.39 Å². The molecule has 2 N–H and O–H groups in total. The highest BCUT2D eigenvalue weighted by atomic mass is 35.5. The van der Waals surface area contributed by atoms with Crippen LogP contribution in [0.5, 0.6) is 11.5 Å².